The number of halogens is 12. The van der Waals surface area contributed by atoms with Gasteiger partial charge in [0.05, 0.1) is 37.3 Å². The van der Waals surface area contributed by atoms with Gasteiger partial charge in [-0.05, 0) is 274 Å². The SMILES string of the molecule is [2H]c1c([2H])c(-c2ccc(C(F)(F)F)cc2)c(C)c([2H])c1CN(CCN(C([2H])([2H])C)C([2H])([2H])C)C(=O)Cn1c(SC([2H])([2H])c2ccc(F)cc2)nc(=O)c2c1CCC2.[2H]c1c([2H])c(C([2H])([2H])N(C(=O)Cn2c(SC([2H])([2H])c3ccc(F)cc3)nc(=O)c3c2CCC3)C([2H])([2H])C([2H])([2H])N(C([2H])([2H])C)C([2H])([2H])C)c([2H])c(C)c1-c1ccc(C(F)(F)F)cc1.[2H]c1c([2H])c(C([2H])([2H])N(CCN(C([2H])([2H])C)C([2H])([2H])C)C(=O)Cn2c(SC([2H])([2H])c3ccc(F)cc3)nc(=O)c3c2CCC3)c([2H])c(C)c1-c1ccc(C(F)(F)F)cc1. The van der Waals surface area contributed by atoms with Crippen molar-refractivity contribution in [2.75, 3.05) is 78.2 Å². The molecule has 33 heteroatoms. The van der Waals surface area contributed by atoms with Crippen LogP contribution in [0.15, 0.2) is 230 Å². The number of hydrogen-bond acceptors (Lipinski definition) is 15. The fourth-order valence-electron chi connectivity index (χ4n) is 15.6. The first-order valence-corrected chi connectivity index (χ1v) is 47.3. The van der Waals surface area contributed by atoms with Crippen LogP contribution in [0.4, 0.5) is 52.7 Å². The van der Waals surface area contributed by atoms with E-state index in [1.807, 2.05) is 0 Å². The van der Waals surface area contributed by atoms with E-state index in [-0.39, 0.29) is 161 Å². The maximum absolute atomic E-state index is 15.0. The molecule has 3 aliphatic rings. The monoisotopic (exact) mass is 2080 g/mol. The van der Waals surface area contributed by atoms with Crippen molar-refractivity contribution in [3.8, 4) is 33.4 Å². The fourth-order valence-corrected chi connectivity index (χ4v) is 17.9. The van der Waals surface area contributed by atoms with Crippen LogP contribution < -0.4 is 16.7 Å². The molecule has 0 saturated heterocycles. The quantitative estimate of drug-likeness (QED) is 0.0202. The van der Waals surface area contributed by atoms with Crippen molar-refractivity contribution < 1.29 is 115 Å². The van der Waals surface area contributed by atoms with Gasteiger partial charge in [-0.25, -0.2) is 13.2 Å². The molecule has 0 aliphatic heterocycles. The molecule has 12 aromatic rings. The molecule has 18 nitrogen and oxygen atoms in total. The van der Waals surface area contributed by atoms with E-state index in [4.69, 9.17) is 39.8 Å². The highest BCUT2D eigenvalue weighted by atomic mass is 32.2. The molecule has 0 atom stereocenters. The van der Waals surface area contributed by atoms with Crippen LogP contribution in [0.2, 0.25) is 0 Å². The molecule has 0 radical (unpaired) electrons. The van der Waals surface area contributed by atoms with E-state index in [9.17, 15) is 89.7 Å². The van der Waals surface area contributed by atoms with Crippen LogP contribution in [0.5, 0.6) is 0 Å². The summed E-state index contributed by atoms with van der Waals surface area (Å²) in [5, 5.41) is -0.925. The van der Waals surface area contributed by atoms with Crippen LogP contribution in [0.25, 0.3) is 33.4 Å². The molecule has 3 aliphatic carbocycles. The van der Waals surface area contributed by atoms with Crippen molar-refractivity contribution in [2.24, 2.45) is 0 Å². The van der Waals surface area contributed by atoms with Gasteiger partial charge < -0.3 is 43.1 Å². The predicted octanol–water partition coefficient (Wildman–Crippen LogP) is 22.6. The topological polar surface area (TPSA) is 175 Å². The molecule has 3 heterocycles. The molecule has 0 N–H and O–H groups in total. The van der Waals surface area contributed by atoms with Gasteiger partial charge in [-0.2, -0.15) is 54.5 Å². The molecule has 0 unspecified atom stereocenters. The third-order valence-corrected chi connectivity index (χ3v) is 25.5. The average Bonchev–Trinajstić information content (AvgIpc) is 1.56. The van der Waals surface area contributed by atoms with Crippen LogP contribution in [-0.4, -0.2) is 154 Å². The van der Waals surface area contributed by atoms with Gasteiger partial charge in [0, 0.05) is 137 Å². The average molecular weight is 2080 g/mol. The van der Waals surface area contributed by atoms with E-state index in [1.165, 1.54) is 47.2 Å². The van der Waals surface area contributed by atoms with Gasteiger partial charge >= 0.3 is 18.5 Å². The summed E-state index contributed by atoms with van der Waals surface area (Å²) in [7, 11) is 0. The summed E-state index contributed by atoms with van der Waals surface area (Å²) in [5.41, 5.74) is -13.2. The molecule has 0 saturated carbocycles. The summed E-state index contributed by atoms with van der Waals surface area (Å²) in [6, 6.07) is 17.8. The van der Waals surface area contributed by atoms with Crippen molar-refractivity contribution in [2.45, 2.75) is 210 Å². The lowest BCUT2D eigenvalue weighted by Gasteiger charge is -2.28. The summed E-state index contributed by atoms with van der Waals surface area (Å²) >= 11 is 1.27. The zero-order chi connectivity index (χ0) is 134. The number of nitrogens with zero attached hydrogens (tertiary/aromatic N) is 12. The van der Waals surface area contributed by atoms with Gasteiger partial charge in [-0.1, -0.05) is 204 Å². The van der Waals surface area contributed by atoms with Crippen molar-refractivity contribution in [1.29, 1.82) is 0 Å². The Labute approximate surface area is 893 Å². The van der Waals surface area contributed by atoms with Gasteiger partial charge in [0.25, 0.3) is 16.7 Å². The molecular formula is C111H120F12N12O6S3. The van der Waals surface area contributed by atoms with Crippen LogP contribution in [-0.2, 0) is 128 Å². The fraction of sp³-hybridized carbons (Fsp3) is 0.378. The Morgan fingerprint density at radius 3 is 0.951 bits per heavy atom. The second-order valence-corrected chi connectivity index (χ2v) is 34.7. The number of alkyl halides is 9. The third kappa shape index (κ3) is 29.1. The van der Waals surface area contributed by atoms with Crippen molar-refractivity contribution in [1.82, 2.24) is 58.1 Å². The number of rotatable bonds is 39. The number of aromatic nitrogens is 6. The Bertz CT molecular complexity index is 8400. The highest BCUT2D eigenvalue weighted by molar-refractivity contribution is 7.98. The standard InChI is InChI=1S/3C37H40F4N4O2S/c3*1-4-43(5-2)19-20-44(22-27-11-18-31(25(3)21-27)28-12-14-29(15-13-28)37(39,40)41)34(46)23-45-33-8-6-7-32(33)35(47)42-36(45)48-24-26-9-16-30(38)17-10-26/h3*9-18,21H,4-8,19-20,22-24H2,1-3H3/i4D2,5D2,11D,18D,19D2,20D2,21D,22D2,24D2;4D2,5D2,11D,18D,21D,22D2,24D2;4D2,5D2,11D,18D,21D,24D2. The van der Waals surface area contributed by atoms with Gasteiger partial charge in [-0.3, -0.25) is 28.8 Å². The predicted molar refractivity (Wildman–Crippen MR) is 544 cm³/mol. The van der Waals surface area contributed by atoms with Crippen molar-refractivity contribution in [3.05, 3.63) is 349 Å². The lowest BCUT2D eigenvalue weighted by Crippen LogP contribution is -2.40. The molecule has 0 fully saturated rings. The highest BCUT2D eigenvalue weighted by Gasteiger charge is 2.35. The molecule has 0 spiro atoms. The Morgan fingerprint density at radius 1 is 0.354 bits per heavy atom. The number of benzene rings is 9. The molecule has 3 amide bonds. The molecule has 0 bridgehead atoms. The van der Waals surface area contributed by atoms with Gasteiger partial charge in [-0.15, -0.1) is 0 Å². The zero-order valence-electron chi connectivity index (χ0n) is 114. The van der Waals surface area contributed by atoms with E-state index in [0.29, 0.717) is 103 Å². The first-order valence-electron chi connectivity index (χ1n) is 62.3. The Hall–Kier alpha value is -11.9. The largest absolute Gasteiger partial charge is 0.416 e. The lowest BCUT2D eigenvalue weighted by molar-refractivity contribution is -0.138. The van der Waals surface area contributed by atoms with Crippen LogP contribution in [0.1, 0.15) is 209 Å². The second-order valence-electron chi connectivity index (χ2n) is 32.4. The number of likely N-dealkylation sites (N-methyl/N-ethyl adjacent to an activating group) is 3. The smallest absolute Gasteiger partial charge is 0.336 e. The first-order chi connectivity index (χ1) is 82.0. The van der Waals surface area contributed by atoms with E-state index in [0.717, 1.165) is 163 Å². The third-order valence-electron chi connectivity index (χ3n) is 23.0. The van der Waals surface area contributed by atoms with E-state index >= 15 is 0 Å². The molecule has 3 aromatic heterocycles. The minimum atomic E-state index is -4.75. The zero-order valence-corrected chi connectivity index (χ0v) is 81.4. The molecular weight excluding hydrogens is 1920 g/mol. The number of carbonyl (C=O) groups excluding carboxylic acids is 3. The lowest BCUT2D eigenvalue weighted by atomic mass is 9.97. The summed E-state index contributed by atoms with van der Waals surface area (Å²) < 4.78 is 471. The molecule has 144 heavy (non-hydrogen) atoms. The maximum Gasteiger partial charge on any atom is 0.416 e. The number of hydrogen-bond donors (Lipinski definition) is 0. The number of fused-ring (bicyclic) bond motifs is 3. The second kappa shape index (κ2) is 50.3. The summed E-state index contributed by atoms with van der Waals surface area (Å²) in [4.78, 5) is 98.7. The van der Waals surface area contributed by atoms with Crippen LogP contribution in [0, 0.1) is 38.2 Å². The summed E-state index contributed by atoms with van der Waals surface area (Å²) in [5.74, 6) is -5.44. The summed E-state index contributed by atoms with van der Waals surface area (Å²) in [6.45, 7) is -26.1. The molecule has 15 rings (SSSR count). The molecule has 762 valence electrons. The van der Waals surface area contributed by atoms with Crippen molar-refractivity contribution >= 4 is 53.0 Å². The minimum Gasteiger partial charge on any atom is -0.336 e. The number of amides is 3. The highest BCUT2D eigenvalue weighted by Crippen LogP contribution is 2.39. The van der Waals surface area contributed by atoms with Gasteiger partial charge in [0.2, 0.25) is 17.7 Å². The van der Waals surface area contributed by atoms with Crippen molar-refractivity contribution in [3.63, 3.8) is 0 Å². The van der Waals surface area contributed by atoms with Gasteiger partial charge in [0.15, 0.2) is 15.5 Å². The normalized spacial score (nSPS) is 17.7. The van der Waals surface area contributed by atoms with E-state index in [1.54, 1.807) is 0 Å². The Kier molecular flexibility index (Phi) is 24.7. The van der Waals surface area contributed by atoms with E-state index in [2.05, 4.69) is 15.0 Å². The van der Waals surface area contributed by atoms with Crippen LogP contribution in [0.3, 0.4) is 0 Å². The Morgan fingerprint density at radius 2 is 0.639 bits per heavy atom. The van der Waals surface area contributed by atoms with Gasteiger partial charge in [0.1, 0.15) is 37.1 Å². The number of thioether (sulfide) groups is 3. The maximum atomic E-state index is 15.0. The molecule has 9 aromatic carbocycles. The summed E-state index contributed by atoms with van der Waals surface area (Å²) in [6.07, 6.45) is -11.2. The first kappa shape index (κ1) is 70.8. The Balaban J connectivity index is 0.000000219. The number of carbonyl (C=O) groups is 3. The minimum absolute atomic E-state index is 0.00418. The van der Waals surface area contributed by atoms with E-state index < -0.39 is 278 Å². The van der Waals surface area contributed by atoms with Crippen LogP contribution >= 0.6 is 35.3 Å².